The van der Waals surface area contributed by atoms with Gasteiger partial charge in [0.15, 0.2) is 11.0 Å². The molecule has 0 fully saturated rings. The molecule has 194 valence electrons. The predicted molar refractivity (Wildman–Crippen MR) is 142 cm³/mol. The van der Waals surface area contributed by atoms with Crippen LogP contribution in [0.1, 0.15) is 45.4 Å². The third-order valence-corrected chi connectivity index (χ3v) is 6.25. The zero-order chi connectivity index (χ0) is 26.5. The minimum absolute atomic E-state index is 0.0573. The molecule has 1 amide bonds. The molecule has 0 saturated heterocycles. The Kier molecular flexibility index (Phi) is 7.51. The topological polar surface area (TPSA) is 104 Å². The summed E-state index contributed by atoms with van der Waals surface area (Å²) in [7, 11) is 0. The van der Waals surface area contributed by atoms with Crippen molar-refractivity contribution in [3.8, 4) is 5.75 Å². The van der Waals surface area contributed by atoms with Crippen LogP contribution in [0.25, 0.3) is 11.0 Å². The van der Waals surface area contributed by atoms with E-state index in [-0.39, 0.29) is 41.0 Å². The Morgan fingerprint density at radius 3 is 2.68 bits per heavy atom. The van der Waals surface area contributed by atoms with Gasteiger partial charge in [-0.3, -0.25) is 9.59 Å². The number of esters is 1. The van der Waals surface area contributed by atoms with E-state index in [1.165, 1.54) is 0 Å². The van der Waals surface area contributed by atoms with Crippen molar-refractivity contribution in [3.63, 3.8) is 0 Å². The molecule has 2 heterocycles. The number of ether oxygens (including phenoxy) is 3. The molecule has 0 spiro atoms. The van der Waals surface area contributed by atoms with E-state index in [1.807, 2.05) is 30.3 Å². The van der Waals surface area contributed by atoms with Gasteiger partial charge in [0.1, 0.15) is 11.9 Å². The number of hydrogen-bond acceptors (Lipinski definition) is 7. The van der Waals surface area contributed by atoms with Gasteiger partial charge in [-0.2, -0.15) is 0 Å². The maximum absolute atomic E-state index is 13.1. The maximum Gasteiger partial charge on any atom is 0.374 e. The van der Waals surface area contributed by atoms with E-state index in [0.717, 1.165) is 35.8 Å². The first-order chi connectivity index (χ1) is 18.5. The molecular weight excluding hydrogens is 486 g/mol. The fourth-order valence-corrected chi connectivity index (χ4v) is 4.36. The van der Waals surface area contributed by atoms with Crippen molar-refractivity contribution >= 4 is 28.5 Å². The van der Waals surface area contributed by atoms with Crippen molar-refractivity contribution in [3.05, 3.63) is 105 Å². The average Bonchev–Trinajstić information content (AvgIpc) is 2.93. The summed E-state index contributed by atoms with van der Waals surface area (Å²) in [5, 5.41) is 3.05. The summed E-state index contributed by atoms with van der Waals surface area (Å²) in [6.45, 7) is 2.81. The summed E-state index contributed by atoms with van der Waals surface area (Å²) < 4.78 is 22.5. The second-order valence-electron chi connectivity index (χ2n) is 8.93. The molecule has 0 saturated carbocycles. The number of aryl methyl sites for hydroxylation is 1. The number of hydrogen-bond donors (Lipinski definition) is 1. The molecule has 8 nitrogen and oxygen atoms in total. The fraction of sp³-hybridized carbons (Fsp3) is 0.233. The number of carbonyl (C=O) groups excluding carboxylic acids is 2. The molecular formula is C30H27NO7. The van der Waals surface area contributed by atoms with Crippen LogP contribution in [0.3, 0.4) is 0 Å². The summed E-state index contributed by atoms with van der Waals surface area (Å²) in [4.78, 5) is 37.8. The van der Waals surface area contributed by atoms with Crippen LogP contribution in [-0.4, -0.2) is 31.2 Å². The van der Waals surface area contributed by atoms with Gasteiger partial charge in [0.2, 0.25) is 5.76 Å². The molecule has 3 aromatic carbocycles. The van der Waals surface area contributed by atoms with Crippen molar-refractivity contribution in [2.45, 2.75) is 32.5 Å². The van der Waals surface area contributed by atoms with Gasteiger partial charge in [0, 0.05) is 11.6 Å². The lowest BCUT2D eigenvalue weighted by atomic mass is 10.00. The Balaban J connectivity index is 1.27. The summed E-state index contributed by atoms with van der Waals surface area (Å²) >= 11 is 0. The van der Waals surface area contributed by atoms with Crippen LogP contribution in [0, 0.1) is 0 Å². The third-order valence-electron chi connectivity index (χ3n) is 6.25. The van der Waals surface area contributed by atoms with Crippen molar-refractivity contribution < 1.29 is 28.2 Å². The van der Waals surface area contributed by atoms with E-state index in [2.05, 4.69) is 5.32 Å². The van der Waals surface area contributed by atoms with Gasteiger partial charge in [-0.15, -0.1) is 0 Å². The minimum Gasteiger partial charge on any atom is -0.488 e. The second-order valence-corrected chi connectivity index (χ2v) is 8.93. The normalized spacial score (nSPS) is 14.4. The number of rotatable bonds is 8. The lowest BCUT2D eigenvalue weighted by Gasteiger charge is -2.26. The zero-order valence-electron chi connectivity index (χ0n) is 20.9. The number of amides is 1. The highest BCUT2D eigenvalue weighted by Gasteiger charge is 2.22. The number of nitrogens with one attached hydrogen (secondary N) is 1. The van der Waals surface area contributed by atoms with Crippen LogP contribution in [-0.2, 0) is 22.5 Å². The molecule has 1 aromatic heterocycles. The predicted octanol–water partition coefficient (Wildman–Crippen LogP) is 5.13. The quantitative estimate of drug-likeness (QED) is 0.326. The van der Waals surface area contributed by atoms with Crippen LogP contribution in [0.4, 0.5) is 5.69 Å². The molecule has 1 unspecified atom stereocenters. The Bertz CT molecular complexity index is 1530. The van der Waals surface area contributed by atoms with Gasteiger partial charge in [0.25, 0.3) is 5.91 Å². The first-order valence-corrected chi connectivity index (χ1v) is 12.5. The summed E-state index contributed by atoms with van der Waals surface area (Å²) in [6.07, 6.45) is 1.47. The molecule has 1 N–H and O–H groups in total. The molecule has 4 aromatic rings. The van der Waals surface area contributed by atoms with E-state index in [9.17, 15) is 14.4 Å². The summed E-state index contributed by atoms with van der Waals surface area (Å²) in [5.41, 5.74) is 2.47. The van der Waals surface area contributed by atoms with Crippen molar-refractivity contribution in [2.24, 2.45) is 0 Å². The van der Waals surface area contributed by atoms with Gasteiger partial charge in [-0.05, 0) is 61.2 Å². The van der Waals surface area contributed by atoms with E-state index >= 15 is 0 Å². The van der Waals surface area contributed by atoms with Crippen molar-refractivity contribution in [1.82, 2.24) is 0 Å². The van der Waals surface area contributed by atoms with Crippen LogP contribution in [0.5, 0.6) is 5.75 Å². The molecule has 0 radical (unpaired) electrons. The molecule has 1 aliphatic rings. The Morgan fingerprint density at radius 1 is 1.03 bits per heavy atom. The van der Waals surface area contributed by atoms with E-state index < -0.39 is 11.4 Å². The molecule has 5 rings (SSSR count). The monoisotopic (exact) mass is 513 g/mol. The van der Waals surface area contributed by atoms with E-state index in [0.29, 0.717) is 18.8 Å². The zero-order valence-corrected chi connectivity index (χ0v) is 20.9. The van der Waals surface area contributed by atoms with Crippen LogP contribution >= 0.6 is 0 Å². The Morgan fingerprint density at radius 2 is 1.87 bits per heavy atom. The van der Waals surface area contributed by atoms with Crippen molar-refractivity contribution in [1.29, 1.82) is 0 Å². The largest absolute Gasteiger partial charge is 0.488 e. The van der Waals surface area contributed by atoms with Gasteiger partial charge in [-0.25, -0.2) is 4.79 Å². The van der Waals surface area contributed by atoms with Gasteiger partial charge in [0.05, 0.1) is 30.9 Å². The smallest absolute Gasteiger partial charge is 0.374 e. The second kappa shape index (κ2) is 11.3. The highest BCUT2D eigenvalue weighted by Crippen LogP contribution is 2.30. The SMILES string of the molecule is CCOC(=O)c1cc(=O)c2cccc(NC(=O)c3ccc4c(c3)CCC(COCc3ccccc3)O4)c2o1. The Labute approximate surface area is 219 Å². The standard InChI is InChI=1S/C30H27NO7/c1-2-36-30(34)27-16-25(32)23-9-6-10-24(28(23)38-27)31-29(33)21-12-14-26-20(15-21)11-13-22(37-26)18-35-17-19-7-4-3-5-8-19/h3-10,12,14-16,22H,2,11,13,17-18H2,1H3,(H,31,33). The lowest BCUT2D eigenvalue weighted by Crippen LogP contribution is -2.28. The van der Waals surface area contributed by atoms with E-state index in [1.54, 1.807) is 43.3 Å². The number of anilines is 1. The lowest BCUT2D eigenvalue weighted by molar-refractivity contribution is 0.0316. The molecule has 0 aliphatic carbocycles. The van der Waals surface area contributed by atoms with E-state index in [4.69, 9.17) is 18.6 Å². The summed E-state index contributed by atoms with van der Waals surface area (Å²) in [5.74, 6) is -0.612. The molecule has 1 atom stereocenters. The van der Waals surface area contributed by atoms with Gasteiger partial charge < -0.3 is 23.9 Å². The Hall–Kier alpha value is -4.43. The highest BCUT2D eigenvalue weighted by atomic mass is 16.5. The number of carbonyl (C=O) groups is 2. The maximum atomic E-state index is 13.1. The number of para-hydroxylation sites is 1. The number of fused-ring (bicyclic) bond motifs is 2. The van der Waals surface area contributed by atoms with Gasteiger partial charge >= 0.3 is 5.97 Å². The molecule has 0 bridgehead atoms. The van der Waals surface area contributed by atoms with Crippen molar-refractivity contribution in [2.75, 3.05) is 18.5 Å². The fourth-order valence-electron chi connectivity index (χ4n) is 4.36. The minimum atomic E-state index is -0.744. The first-order valence-electron chi connectivity index (χ1n) is 12.5. The van der Waals surface area contributed by atoms with Crippen LogP contribution < -0.4 is 15.5 Å². The van der Waals surface area contributed by atoms with Crippen LogP contribution in [0.2, 0.25) is 0 Å². The molecule has 8 heteroatoms. The summed E-state index contributed by atoms with van der Waals surface area (Å²) in [6, 6.07) is 21.2. The average molecular weight is 514 g/mol. The third kappa shape index (κ3) is 5.60. The van der Waals surface area contributed by atoms with Gasteiger partial charge in [-0.1, -0.05) is 36.4 Å². The molecule has 1 aliphatic heterocycles. The number of benzene rings is 3. The van der Waals surface area contributed by atoms with Crippen LogP contribution in [0.15, 0.2) is 82.0 Å². The molecule has 38 heavy (non-hydrogen) atoms. The highest BCUT2D eigenvalue weighted by molar-refractivity contribution is 6.08. The first kappa shape index (κ1) is 25.2.